The maximum Gasteiger partial charge on any atom is 0.451 e. The smallest absolute Gasteiger partial charge is 0.326 e. The third kappa shape index (κ3) is 6.26. The predicted molar refractivity (Wildman–Crippen MR) is 141 cm³/mol. The molecular formula is C28H31ClF5N4O+. The minimum atomic E-state index is -4.46. The van der Waals surface area contributed by atoms with E-state index >= 15 is 0 Å². The molecule has 5 unspecified atom stereocenters. The second-order valence-electron chi connectivity index (χ2n) is 10.0. The van der Waals surface area contributed by atoms with Crippen molar-refractivity contribution in [2.24, 2.45) is 16.8 Å². The van der Waals surface area contributed by atoms with Crippen LogP contribution in [0.25, 0.3) is 0 Å². The molecule has 2 aliphatic heterocycles. The Morgan fingerprint density at radius 2 is 1.85 bits per heavy atom. The number of rotatable bonds is 7. The summed E-state index contributed by atoms with van der Waals surface area (Å²) < 4.78 is 71.6. The molecule has 0 radical (unpaired) electrons. The zero-order valence-electron chi connectivity index (χ0n) is 21.8. The van der Waals surface area contributed by atoms with Crippen LogP contribution in [-0.2, 0) is 0 Å². The van der Waals surface area contributed by atoms with Gasteiger partial charge < -0.3 is 5.32 Å². The number of hydrogen-bond acceptors (Lipinski definition) is 2. The number of amides is 1. The highest BCUT2D eigenvalue weighted by molar-refractivity contribution is 6.31. The summed E-state index contributed by atoms with van der Waals surface area (Å²) in [5.74, 6) is -4.31. The number of guanidine groups is 1. The number of halogens is 6. The van der Waals surface area contributed by atoms with Crippen LogP contribution >= 0.6 is 11.6 Å². The van der Waals surface area contributed by atoms with E-state index in [9.17, 15) is 26.7 Å². The van der Waals surface area contributed by atoms with Crippen LogP contribution in [0.3, 0.4) is 0 Å². The molecule has 11 heteroatoms. The highest BCUT2D eigenvalue weighted by atomic mass is 35.5. The number of carbonyl (C=O) groups excluding carboxylic acids is 1. The van der Waals surface area contributed by atoms with Gasteiger partial charge in [-0.1, -0.05) is 51.3 Å². The molecule has 0 saturated carbocycles. The van der Waals surface area contributed by atoms with Crippen LogP contribution < -0.4 is 10.6 Å². The lowest BCUT2D eigenvalue weighted by Gasteiger charge is -2.35. The summed E-state index contributed by atoms with van der Waals surface area (Å²) >= 11 is 6.11. The number of hydrogen-bond donors (Lipinski definition) is 2. The molecule has 0 bridgehead atoms. The lowest BCUT2D eigenvalue weighted by molar-refractivity contribution is -0.581. The summed E-state index contributed by atoms with van der Waals surface area (Å²) in [7, 11) is 0. The monoisotopic (exact) mass is 569 g/mol. The number of alkyl halides is 3. The highest BCUT2D eigenvalue weighted by Crippen LogP contribution is 2.47. The summed E-state index contributed by atoms with van der Waals surface area (Å²) in [6.45, 7) is 5.42. The second kappa shape index (κ2) is 11.6. The first-order valence-electron chi connectivity index (χ1n) is 13.0. The van der Waals surface area contributed by atoms with Crippen molar-refractivity contribution in [2.75, 3.05) is 5.32 Å². The normalized spacial score (nSPS) is 24.8. The van der Waals surface area contributed by atoms with Crippen molar-refractivity contribution < 1.29 is 31.3 Å². The van der Waals surface area contributed by atoms with E-state index in [2.05, 4.69) is 10.6 Å². The molecule has 5 nitrogen and oxygen atoms in total. The minimum absolute atomic E-state index is 0.0987. The first-order valence-corrected chi connectivity index (χ1v) is 13.4. The van der Waals surface area contributed by atoms with Crippen molar-refractivity contribution in [3.05, 3.63) is 64.7 Å². The zero-order chi connectivity index (χ0) is 28.5. The van der Waals surface area contributed by atoms with Crippen molar-refractivity contribution in [2.45, 2.75) is 70.8 Å². The number of piperidine rings is 1. The Labute approximate surface area is 229 Å². The Balaban J connectivity index is 1.74. The molecule has 2 aromatic rings. The van der Waals surface area contributed by atoms with E-state index in [4.69, 9.17) is 16.6 Å². The first kappa shape index (κ1) is 29.0. The summed E-state index contributed by atoms with van der Waals surface area (Å²) in [5, 5.41) is 5.92. The largest absolute Gasteiger partial charge is 0.451 e. The third-order valence-corrected chi connectivity index (χ3v) is 7.69. The molecule has 1 fully saturated rings. The van der Waals surface area contributed by atoms with E-state index in [0.717, 1.165) is 36.8 Å². The van der Waals surface area contributed by atoms with E-state index in [1.54, 1.807) is 31.2 Å². The fourth-order valence-corrected chi connectivity index (χ4v) is 5.88. The van der Waals surface area contributed by atoms with Gasteiger partial charge in [-0.3, -0.25) is 10.1 Å². The van der Waals surface area contributed by atoms with Crippen molar-refractivity contribution in [1.82, 2.24) is 5.32 Å². The molecule has 0 aliphatic carbocycles. The van der Waals surface area contributed by atoms with Gasteiger partial charge >= 0.3 is 6.18 Å². The van der Waals surface area contributed by atoms with Crippen molar-refractivity contribution in [3.8, 4) is 0 Å². The van der Waals surface area contributed by atoms with E-state index in [1.165, 1.54) is 4.58 Å². The Bertz CT molecular complexity index is 1290. The van der Waals surface area contributed by atoms with Gasteiger partial charge in [-0.2, -0.15) is 13.2 Å². The molecule has 2 N–H and O–H groups in total. The molecule has 0 spiro atoms. The van der Waals surface area contributed by atoms with Crippen LogP contribution in [0.4, 0.5) is 27.6 Å². The van der Waals surface area contributed by atoms with Gasteiger partial charge in [0.2, 0.25) is 17.7 Å². The lowest BCUT2D eigenvalue weighted by atomic mass is 9.76. The number of fused-ring (bicyclic) bond motifs is 1. The van der Waals surface area contributed by atoms with E-state index in [0.29, 0.717) is 23.6 Å². The zero-order valence-corrected chi connectivity index (χ0v) is 22.6. The molecular weight excluding hydrogens is 539 g/mol. The number of aliphatic imine (C=N–C) groups is 1. The van der Waals surface area contributed by atoms with Crippen molar-refractivity contribution >= 4 is 34.9 Å². The van der Waals surface area contributed by atoms with Gasteiger partial charge in [-0.15, -0.1) is 0 Å². The van der Waals surface area contributed by atoms with Crippen LogP contribution in [0.15, 0.2) is 47.5 Å². The number of nitrogens with one attached hydrogen (secondary N) is 2. The second-order valence-corrected chi connectivity index (χ2v) is 10.5. The number of nitrogens with zero attached hydrogens (tertiary/aromatic N) is 2. The fourth-order valence-electron chi connectivity index (χ4n) is 5.69. The quantitative estimate of drug-likeness (QED) is 0.166. The highest BCUT2D eigenvalue weighted by Gasteiger charge is 2.70. The molecule has 2 heterocycles. The summed E-state index contributed by atoms with van der Waals surface area (Å²) in [5.41, 5.74) is 1.05. The molecule has 39 heavy (non-hydrogen) atoms. The van der Waals surface area contributed by atoms with Crippen LogP contribution in [0.1, 0.15) is 56.8 Å². The molecule has 0 aromatic heterocycles. The Morgan fingerprint density at radius 1 is 1.10 bits per heavy atom. The minimum Gasteiger partial charge on any atom is -0.326 e. The summed E-state index contributed by atoms with van der Waals surface area (Å²) in [4.78, 5) is 17.7. The third-order valence-electron chi connectivity index (χ3n) is 7.45. The molecule has 2 aliphatic rings. The van der Waals surface area contributed by atoms with Gasteiger partial charge in [-0.25, -0.2) is 18.3 Å². The standard InChI is InChI=1S/C28H30ClF5N4O/c1-4-6-10-19-23(15(3)25(28(32,33)34)38-22(5-2)24(19)38)36-27(35-18-9-7-8-17(29)14-18)37-26(39)16-11-12-20(30)21(31)13-16/h7-9,11-15,19,23-25H,4-6,10H2,1-3H3,(H-,35,36,37,39)/p+1. The average molecular weight is 570 g/mol. The van der Waals surface area contributed by atoms with E-state index < -0.39 is 41.7 Å². The maximum atomic E-state index is 14.3. The number of unbranched alkanes of at least 4 members (excludes halogenated alkanes) is 1. The van der Waals surface area contributed by atoms with Crippen LogP contribution in [-0.4, -0.2) is 46.5 Å². The number of benzene rings is 2. The van der Waals surface area contributed by atoms with Gasteiger partial charge in [0.1, 0.15) is 0 Å². The Kier molecular flexibility index (Phi) is 8.63. The number of carbonyl (C=O) groups is 1. The van der Waals surface area contributed by atoms with Gasteiger partial charge in [0.15, 0.2) is 11.6 Å². The van der Waals surface area contributed by atoms with Crippen LogP contribution in [0, 0.1) is 23.5 Å². The van der Waals surface area contributed by atoms with Gasteiger partial charge in [0.25, 0.3) is 11.9 Å². The van der Waals surface area contributed by atoms with Crippen molar-refractivity contribution in [1.29, 1.82) is 0 Å². The molecule has 210 valence electrons. The lowest BCUT2D eigenvalue weighted by Crippen LogP contribution is -2.54. The predicted octanol–water partition coefficient (Wildman–Crippen LogP) is 6.82. The van der Waals surface area contributed by atoms with E-state index in [1.807, 2.05) is 13.8 Å². The van der Waals surface area contributed by atoms with Crippen LogP contribution in [0.5, 0.6) is 0 Å². The topological polar surface area (TPSA) is 56.5 Å². The average Bonchev–Trinajstić information content (AvgIpc) is 3.57. The molecule has 1 amide bonds. The Morgan fingerprint density at radius 3 is 2.46 bits per heavy atom. The molecule has 2 aromatic carbocycles. The summed E-state index contributed by atoms with van der Waals surface area (Å²) in [6, 6.07) is 6.42. The molecule has 1 saturated heterocycles. The maximum absolute atomic E-state index is 14.3. The Hall–Kier alpha value is -3.01. The SMILES string of the molecule is CCCCC1C(N=C(NC(=O)c2ccc(F)c(F)c2)Nc2cccc(Cl)c2)C(C)C(C(F)(F)F)[N+]2=C(CC)C12. The van der Waals surface area contributed by atoms with Crippen molar-refractivity contribution in [3.63, 3.8) is 0 Å². The van der Waals surface area contributed by atoms with E-state index in [-0.39, 0.29) is 23.5 Å². The van der Waals surface area contributed by atoms with Gasteiger partial charge in [-0.05, 0) is 42.8 Å². The first-order chi connectivity index (χ1) is 18.5. The number of anilines is 1. The van der Waals surface area contributed by atoms with Gasteiger partial charge in [0, 0.05) is 22.7 Å². The molecule has 4 rings (SSSR count). The molecule has 5 atom stereocenters. The fraction of sp³-hybridized carbons (Fsp3) is 0.464. The summed E-state index contributed by atoms with van der Waals surface area (Å²) in [6.07, 6.45) is -1.58. The van der Waals surface area contributed by atoms with Crippen LogP contribution in [0.2, 0.25) is 5.02 Å². The van der Waals surface area contributed by atoms with Gasteiger partial charge in [0.05, 0.1) is 17.9 Å².